The Hall–Kier alpha value is -3.10. The number of ether oxygens (including phenoxy) is 1. The zero-order chi connectivity index (χ0) is 22.0. The van der Waals surface area contributed by atoms with Gasteiger partial charge in [0.05, 0.1) is 17.7 Å². The molecule has 9 heteroatoms. The predicted octanol–water partition coefficient (Wildman–Crippen LogP) is 4.27. The summed E-state index contributed by atoms with van der Waals surface area (Å²) in [5.41, 5.74) is 6.68. The van der Waals surface area contributed by atoms with Crippen LogP contribution >= 0.6 is 11.6 Å². The quantitative estimate of drug-likeness (QED) is 0.636. The lowest BCUT2D eigenvalue weighted by Gasteiger charge is -2.22. The minimum Gasteiger partial charge on any atom is -0.433 e. The van der Waals surface area contributed by atoms with Gasteiger partial charge in [0.15, 0.2) is 23.1 Å². The number of rotatable bonds is 5. The number of hydroxylamine groups is 1. The van der Waals surface area contributed by atoms with Crippen molar-refractivity contribution in [1.29, 1.82) is 0 Å². The van der Waals surface area contributed by atoms with Crippen LogP contribution in [0.4, 0.5) is 4.39 Å². The second kappa shape index (κ2) is 8.95. The van der Waals surface area contributed by atoms with E-state index in [4.69, 9.17) is 26.2 Å². The van der Waals surface area contributed by atoms with E-state index in [9.17, 15) is 4.39 Å². The SMILES string of the molecule is Cc1nnc(Oc2cccc(Cl)c2F)c(C2=NC(Cc3ccc(C)c(C)c3)CON2)n1. The fourth-order valence-electron chi connectivity index (χ4n) is 3.16. The Morgan fingerprint density at radius 3 is 2.81 bits per heavy atom. The van der Waals surface area contributed by atoms with Crippen LogP contribution in [0.1, 0.15) is 28.2 Å². The number of hydrogen-bond donors (Lipinski definition) is 1. The summed E-state index contributed by atoms with van der Waals surface area (Å²) in [6.07, 6.45) is 0.697. The molecular weight excluding hydrogens is 421 g/mol. The third kappa shape index (κ3) is 4.81. The van der Waals surface area contributed by atoms with Gasteiger partial charge >= 0.3 is 0 Å². The molecule has 1 N–H and O–H groups in total. The third-order valence-electron chi connectivity index (χ3n) is 4.91. The van der Waals surface area contributed by atoms with E-state index in [1.165, 1.54) is 23.3 Å². The van der Waals surface area contributed by atoms with Crippen LogP contribution in [0.25, 0.3) is 0 Å². The van der Waals surface area contributed by atoms with Gasteiger partial charge in [-0.15, -0.1) is 10.2 Å². The van der Waals surface area contributed by atoms with Gasteiger partial charge in [0, 0.05) is 0 Å². The van der Waals surface area contributed by atoms with E-state index >= 15 is 0 Å². The minimum atomic E-state index is -0.695. The first-order chi connectivity index (χ1) is 14.9. The Balaban J connectivity index is 1.63. The van der Waals surface area contributed by atoms with Crippen LogP contribution in [0, 0.1) is 26.6 Å². The van der Waals surface area contributed by atoms with Gasteiger partial charge in [0.1, 0.15) is 5.82 Å². The van der Waals surface area contributed by atoms with Gasteiger partial charge < -0.3 is 4.74 Å². The normalized spacial score (nSPS) is 15.9. The molecule has 2 heterocycles. The number of hydrogen-bond acceptors (Lipinski definition) is 7. The van der Waals surface area contributed by atoms with E-state index in [0.29, 0.717) is 24.7 Å². The standard InChI is InChI=1S/C22H21ClFN5O2/c1-12-7-8-15(9-13(12)2)10-16-11-30-29-21(26-16)20-22(28-27-14(3)25-20)31-18-6-4-5-17(23)19(18)24/h4-9,16H,10-11H2,1-3H3,(H,26,29). The number of benzene rings is 2. The van der Waals surface area contributed by atoms with Crippen molar-refractivity contribution in [2.24, 2.45) is 4.99 Å². The molecule has 0 bridgehead atoms. The van der Waals surface area contributed by atoms with E-state index in [-0.39, 0.29) is 28.4 Å². The first kappa shape index (κ1) is 21.1. The topological polar surface area (TPSA) is 81.5 Å². The fourth-order valence-corrected chi connectivity index (χ4v) is 3.32. The van der Waals surface area contributed by atoms with Crippen molar-refractivity contribution in [1.82, 2.24) is 20.7 Å². The van der Waals surface area contributed by atoms with E-state index in [2.05, 4.69) is 52.7 Å². The van der Waals surface area contributed by atoms with Gasteiger partial charge in [0.2, 0.25) is 0 Å². The maximum atomic E-state index is 14.3. The van der Waals surface area contributed by atoms with Crippen molar-refractivity contribution < 1.29 is 14.0 Å². The highest BCUT2D eigenvalue weighted by atomic mass is 35.5. The molecule has 0 amide bonds. The molecule has 4 rings (SSSR count). The summed E-state index contributed by atoms with van der Waals surface area (Å²) in [6, 6.07) is 10.7. The lowest BCUT2D eigenvalue weighted by molar-refractivity contribution is 0.0621. The molecule has 0 saturated heterocycles. The van der Waals surface area contributed by atoms with Crippen LogP contribution in [-0.4, -0.2) is 33.7 Å². The molecule has 7 nitrogen and oxygen atoms in total. The zero-order valence-corrected chi connectivity index (χ0v) is 18.1. The summed E-state index contributed by atoms with van der Waals surface area (Å²) < 4.78 is 19.9. The van der Waals surface area contributed by atoms with Gasteiger partial charge in [-0.2, -0.15) is 0 Å². The highest BCUT2D eigenvalue weighted by Gasteiger charge is 2.24. The molecular formula is C22H21ClFN5O2. The Bertz CT molecular complexity index is 1150. The summed E-state index contributed by atoms with van der Waals surface area (Å²) in [6.45, 7) is 6.25. The fraction of sp³-hybridized carbons (Fsp3) is 0.273. The van der Waals surface area contributed by atoms with Gasteiger partial charge in [-0.1, -0.05) is 35.9 Å². The summed E-state index contributed by atoms with van der Waals surface area (Å²) in [5.74, 6) is -0.0312. The van der Waals surface area contributed by atoms with Crippen LogP contribution in [0.5, 0.6) is 11.6 Å². The molecule has 31 heavy (non-hydrogen) atoms. The summed E-state index contributed by atoms with van der Waals surface area (Å²) >= 11 is 5.85. The lowest BCUT2D eigenvalue weighted by Crippen LogP contribution is -2.37. The van der Waals surface area contributed by atoms with Crippen molar-refractivity contribution in [2.45, 2.75) is 33.2 Å². The molecule has 1 aliphatic rings. The van der Waals surface area contributed by atoms with Gasteiger partial charge in [0.25, 0.3) is 5.88 Å². The minimum absolute atomic E-state index is 0.00607. The summed E-state index contributed by atoms with van der Waals surface area (Å²) in [7, 11) is 0. The molecule has 1 aromatic heterocycles. The van der Waals surface area contributed by atoms with Crippen LogP contribution in [0.2, 0.25) is 5.02 Å². The molecule has 0 spiro atoms. The number of aliphatic imine (C=N–C) groups is 1. The van der Waals surface area contributed by atoms with Crippen LogP contribution < -0.4 is 10.2 Å². The predicted molar refractivity (Wildman–Crippen MR) is 115 cm³/mol. The Kier molecular flexibility index (Phi) is 6.11. The smallest absolute Gasteiger partial charge is 0.269 e. The van der Waals surface area contributed by atoms with E-state index in [1.54, 1.807) is 13.0 Å². The second-order valence-electron chi connectivity index (χ2n) is 7.33. The first-order valence-corrected chi connectivity index (χ1v) is 10.1. The van der Waals surface area contributed by atoms with Crippen LogP contribution in [-0.2, 0) is 11.3 Å². The monoisotopic (exact) mass is 441 g/mol. The molecule has 1 unspecified atom stereocenters. The third-order valence-corrected chi connectivity index (χ3v) is 5.20. The van der Waals surface area contributed by atoms with Crippen molar-refractivity contribution >= 4 is 17.4 Å². The van der Waals surface area contributed by atoms with Gasteiger partial charge in [-0.05, 0) is 56.0 Å². The zero-order valence-electron chi connectivity index (χ0n) is 17.3. The average molecular weight is 442 g/mol. The molecule has 0 aliphatic carbocycles. The van der Waals surface area contributed by atoms with E-state index in [0.717, 1.165) is 5.56 Å². The second-order valence-corrected chi connectivity index (χ2v) is 7.74. The van der Waals surface area contributed by atoms with Crippen LogP contribution in [0.3, 0.4) is 0 Å². The number of nitrogens with one attached hydrogen (secondary N) is 1. The Morgan fingerprint density at radius 1 is 1.16 bits per heavy atom. The van der Waals surface area contributed by atoms with E-state index < -0.39 is 5.82 Å². The van der Waals surface area contributed by atoms with Crippen molar-refractivity contribution in [3.63, 3.8) is 0 Å². The maximum Gasteiger partial charge on any atom is 0.269 e. The highest BCUT2D eigenvalue weighted by Crippen LogP contribution is 2.29. The van der Waals surface area contributed by atoms with Crippen molar-refractivity contribution in [2.75, 3.05) is 6.61 Å². The molecule has 2 aromatic carbocycles. The molecule has 1 atom stereocenters. The van der Waals surface area contributed by atoms with Gasteiger partial charge in [-0.3, -0.25) is 9.83 Å². The van der Waals surface area contributed by atoms with E-state index in [1.807, 2.05) is 0 Å². The molecule has 160 valence electrons. The highest BCUT2D eigenvalue weighted by molar-refractivity contribution is 6.30. The molecule has 0 saturated carbocycles. The number of nitrogens with zero attached hydrogens (tertiary/aromatic N) is 4. The number of halogens is 2. The average Bonchev–Trinajstić information content (AvgIpc) is 2.75. The van der Waals surface area contributed by atoms with Crippen molar-refractivity contribution in [3.05, 3.63) is 75.4 Å². The molecule has 1 aliphatic heterocycles. The lowest BCUT2D eigenvalue weighted by atomic mass is 10.0. The number of aromatic nitrogens is 3. The maximum absolute atomic E-state index is 14.3. The van der Waals surface area contributed by atoms with Crippen LogP contribution in [0.15, 0.2) is 41.4 Å². The Labute approximate surface area is 184 Å². The molecule has 0 radical (unpaired) electrons. The summed E-state index contributed by atoms with van der Waals surface area (Å²) in [4.78, 5) is 14.7. The largest absolute Gasteiger partial charge is 0.433 e. The summed E-state index contributed by atoms with van der Waals surface area (Å²) in [5, 5.41) is 7.89. The first-order valence-electron chi connectivity index (χ1n) is 9.76. The molecule has 3 aromatic rings. The number of amidine groups is 1. The Morgan fingerprint density at radius 2 is 2.00 bits per heavy atom. The molecule has 0 fully saturated rings. The van der Waals surface area contributed by atoms with Gasteiger partial charge in [-0.25, -0.2) is 14.9 Å². The van der Waals surface area contributed by atoms with Crippen molar-refractivity contribution in [3.8, 4) is 11.6 Å². The number of aryl methyl sites for hydroxylation is 3.